The van der Waals surface area contributed by atoms with Crippen LogP contribution in [-0.2, 0) is 14.6 Å². The second kappa shape index (κ2) is 6.16. The average Bonchev–Trinajstić information content (AvgIpc) is 2.64. The highest BCUT2D eigenvalue weighted by atomic mass is 32.2. The van der Waals surface area contributed by atoms with E-state index < -0.39 is 9.84 Å². The van der Waals surface area contributed by atoms with Crippen LogP contribution in [0.3, 0.4) is 0 Å². The van der Waals surface area contributed by atoms with Crippen LogP contribution in [-0.4, -0.2) is 56.9 Å². The summed E-state index contributed by atoms with van der Waals surface area (Å²) < 4.78 is 21.9. The minimum absolute atomic E-state index is 0.00703. The van der Waals surface area contributed by atoms with Crippen molar-refractivity contribution in [1.29, 1.82) is 0 Å². The van der Waals surface area contributed by atoms with Crippen molar-refractivity contribution in [2.75, 3.05) is 31.6 Å². The van der Waals surface area contributed by atoms with Crippen molar-refractivity contribution in [2.45, 2.75) is 18.9 Å². The molecule has 1 aliphatic rings. The number of amides is 1. The Morgan fingerprint density at radius 1 is 1.59 bits per heavy atom. The van der Waals surface area contributed by atoms with Crippen LogP contribution < -0.4 is 5.32 Å². The van der Waals surface area contributed by atoms with Crippen LogP contribution in [0.5, 0.6) is 0 Å². The third kappa shape index (κ3) is 4.87. The molecule has 0 aromatic rings. The first-order chi connectivity index (χ1) is 7.94. The smallest absolute Gasteiger partial charge is 0.237 e. The van der Waals surface area contributed by atoms with Gasteiger partial charge in [-0.15, -0.1) is 6.58 Å². The van der Waals surface area contributed by atoms with Crippen molar-refractivity contribution in [1.82, 2.24) is 10.2 Å². The molecule has 1 fully saturated rings. The first-order valence-corrected chi connectivity index (χ1v) is 7.80. The molecule has 1 aliphatic heterocycles. The van der Waals surface area contributed by atoms with Gasteiger partial charge in [0.2, 0.25) is 5.91 Å². The van der Waals surface area contributed by atoms with E-state index in [1.807, 2.05) is 0 Å². The van der Waals surface area contributed by atoms with Gasteiger partial charge in [-0.1, -0.05) is 6.08 Å². The lowest BCUT2D eigenvalue weighted by Crippen LogP contribution is -2.44. The summed E-state index contributed by atoms with van der Waals surface area (Å²) in [6.07, 6.45) is 4.78. The van der Waals surface area contributed by atoms with Gasteiger partial charge >= 0.3 is 0 Å². The number of rotatable bonds is 6. The molecule has 1 amide bonds. The Hall–Kier alpha value is -0.880. The fourth-order valence-corrected chi connectivity index (χ4v) is 2.46. The van der Waals surface area contributed by atoms with Crippen LogP contribution in [0.4, 0.5) is 0 Å². The summed E-state index contributed by atoms with van der Waals surface area (Å²) in [6, 6.07) is -0.132. The van der Waals surface area contributed by atoms with E-state index in [0.717, 1.165) is 19.4 Å². The molecule has 17 heavy (non-hydrogen) atoms. The molecule has 0 spiro atoms. The Morgan fingerprint density at radius 3 is 2.88 bits per heavy atom. The lowest BCUT2D eigenvalue weighted by molar-refractivity contribution is -0.125. The van der Waals surface area contributed by atoms with Crippen molar-refractivity contribution >= 4 is 15.7 Å². The SMILES string of the molecule is C=CCN1CCC[C@H]1C(=O)NCCS(C)(=O)=O. The van der Waals surface area contributed by atoms with Gasteiger partial charge in [-0.3, -0.25) is 9.69 Å². The van der Waals surface area contributed by atoms with Crippen LogP contribution >= 0.6 is 0 Å². The van der Waals surface area contributed by atoms with Gasteiger partial charge < -0.3 is 5.32 Å². The molecule has 1 atom stereocenters. The predicted molar refractivity (Wildman–Crippen MR) is 67.5 cm³/mol. The number of carbonyl (C=O) groups is 1. The number of nitrogens with zero attached hydrogens (tertiary/aromatic N) is 1. The molecule has 1 saturated heterocycles. The Labute approximate surface area is 103 Å². The van der Waals surface area contributed by atoms with Crippen LogP contribution in [0.15, 0.2) is 12.7 Å². The number of sulfone groups is 1. The lowest BCUT2D eigenvalue weighted by atomic mass is 10.2. The van der Waals surface area contributed by atoms with E-state index in [9.17, 15) is 13.2 Å². The summed E-state index contributed by atoms with van der Waals surface area (Å²) >= 11 is 0. The van der Waals surface area contributed by atoms with Gasteiger partial charge in [-0.05, 0) is 19.4 Å². The molecule has 0 aromatic heterocycles. The highest BCUT2D eigenvalue weighted by Crippen LogP contribution is 2.16. The number of likely N-dealkylation sites (tertiary alicyclic amines) is 1. The standard InChI is InChI=1S/C11H20N2O3S/c1-3-7-13-8-4-5-10(13)11(14)12-6-9-17(2,15)16/h3,10H,1,4-9H2,2H3,(H,12,14)/t10-/m0/s1. The summed E-state index contributed by atoms with van der Waals surface area (Å²) in [5.74, 6) is -0.0830. The number of carbonyl (C=O) groups excluding carboxylic acids is 1. The summed E-state index contributed by atoms with van der Waals surface area (Å²) in [7, 11) is -3.01. The second-order valence-corrected chi connectivity index (χ2v) is 6.62. The highest BCUT2D eigenvalue weighted by molar-refractivity contribution is 7.90. The van der Waals surface area contributed by atoms with Crippen LogP contribution in [0.2, 0.25) is 0 Å². The molecule has 98 valence electrons. The Morgan fingerprint density at radius 2 is 2.29 bits per heavy atom. The zero-order valence-electron chi connectivity index (χ0n) is 10.2. The molecule has 0 saturated carbocycles. The van der Waals surface area contributed by atoms with E-state index in [1.165, 1.54) is 6.26 Å². The zero-order chi connectivity index (χ0) is 12.9. The van der Waals surface area contributed by atoms with E-state index in [0.29, 0.717) is 6.54 Å². The summed E-state index contributed by atoms with van der Waals surface area (Å²) in [6.45, 7) is 5.45. The van der Waals surface area contributed by atoms with E-state index in [2.05, 4.69) is 16.8 Å². The monoisotopic (exact) mass is 260 g/mol. The summed E-state index contributed by atoms with van der Waals surface area (Å²) in [5.41, 5.74) is 0. The van der Waals surface area contributed by atoms with E-state index in [-0.39, 0.29) is 24.2 Å². The predicted octanol–water partition coefficient (Wildman–Crippen LogP) is -0.202. The van der Waals surface area contributed by atoms with Gasteiger partial charge in [0, 0.05) is 19.3 Å². The molecule has 1 heterocycles. The zero-order valence-corrected chi connectivity index (χ0v) is 11.0. The van der Waals surface area contributed by atoms with Crippen LogP contribution in [0.25, 0.3) is 0 Å². The van der Waals surface area contributed by atoms with Gasteiger partial charge in [-0.2, -0.15) is 0 Å². The minimum Gasteiger partial charge on any atom is -0.354 e. The molecule has 1 rings (SSSR count). The maximum atomic E-state index is 11.8. The minimum atomic E-state index is -3.01. The number of nitrogens with one attached hydrogen (secondary N) is 1. The lowest BCUT2D eigenvalue weighted by Gasteiger charge is -2.21. The van der Waals surface area contributed by atoms with Gasteiger partial charge in [-0.25, -0.2) is 8.42 Å². The highest BCUT2D eigenvalue weighted by Gasteiger charge is 2.29. The fraction of sp³-hybridized carbons (Fsp3) is 0.727. The first-order valence-electron chi connectivity index (χ1n) is 5.74. The topological polar surface area (TPSA) is 66.5 Å². The molecule has 0 aromatic carbocycles. The molecule has 1 N–H and O–H groups in total. The van der Waals surface area contributed by atoms with E-state index >= 15 is 0 Å². The van der Waals surface area contributed by atoms with Crippen molar-refractivity contribution in [3.63, 3.8) is 0 Å². The molecular weight excluding hydrogens is 240 g/mol. The molecule has 0 unspecified atom stereocenters. The Kier molecular flexibility index (Phi) is 5.14. The number of hydrogen-bond acceptors (Lipinski definition) is 4. The van der Waals surface area contributed by atoms with Crippen LogP contribution in [0, 0.1) is 0 Å². The Balaban J connectivity index is 2.39. The summed E-state index contributed by atoms with van der Waals surface area (Å²) in [4.78, 5) is 13.9. The molecule has 0 bridgehead atoms. The van der Waals surface area contributed by atoms with E-state index in [4.69, 9.17) is 0 Å². The molecule has 5 nitrogen and oxygen atoms in total. The molecule has 0 aliphatic carbocycles. The molecule has 6 heteroatoms. The van der Waals surface area contributed by atoms with Gasteiger partial charge in [0.1, 0.15) is 9.84 Å². The number of hydrogen-bond donors (Lipinski definition) is 1. The quantitative estimate of drug-likeness (QED) is 0.672. The largest absolute Gasteiger partial charge is 0.354 e. The third-order valence-corrected chi connectivity index (χ3v) is 3.75. The van der Waals surface area contributed by atoms with Crippen molar-refractivity contribution < 1.29 is 13.2 Å². The van der Waals surface area contributed by atoms with E-state index in [1.54, 1.807) is 6.08 Å². The van der Waals surface area contributed by atoms with Crippen molar-refractivity contribution in [3.05, 3.63) is 12.7 Å². The summed E-state index contributed by atoms with van der Waals surface area (Å²) in [5, 5.41) is 2.68. The average molecular weight is 260 g/mol. The van der Waals surface area contributed by atoms with Crippen LogP contribution in [0.1, 0.15) is 12.8 Å². The van der Waals surface area contributed by atoms with Gasteiger partial charge in [0.15, 0.2) is 0 Å². The first kappa shape index (κ1) is 14.2. The van der Waals surface area contributed by atoms with Crippen molar-refractivity contribution in [3.8, 4) is 0 Å². The Bertz CT molecular complexity index is 378. The molecule has 0 radical (unpaired) electrons. The van der Waals surface area contributed by atoms with Gasteiger partial charge in [0.05, 0.1) is 11.8 Å². The molecular formula is C11H20N2O3S. The fourth-order valence-electron chi connectivity index (χ4n) is 1.98. The second-order valence-electron chi connectivity index (χ2n) is 4.36. The normalized spacial score (nSPS) is 21.4. The van der Waals surface area contributed by atoms with Crippen molar-refractivity contribution in [2.24, 2.45) is 0 Å². The third-order valence-electron chi connectivity index (χ3n) is 2.80. The van der Waals surface area contributed by atoms with Gasteiger partial charge in [0.25, 0.3) is 0 Å². The maximum Gasteiger partial charge on any atom is 0.237 e. The maximum absolute atomic E-state index is 11.8.